The third-order valence-corrected chi connectivity index (χ3v) is 8.26. The molecule has 3 unspecified atom stereocenters. The summed E-state index contributed by atoms with van der Waals surface area (Å²) >= 11 is 0. The standard InChI is InChI=1S/C23H29F2N5O3S/c24-18-3-8-22(21(25)14-18)29-10-12-30(13-11-29)34(32,33)20-6-4-19(5-7-20)28-23(31)27-16-17-2-1-9-26-15-17/h1-2,4-7,9,15,18,21-22H,3,8,10-14,16H2,(H2,27,28,31). The molecule has 34 heavy (non-hydrogen) atoms. The van der Waals surface area contributed by atoms with Gasteiger partial charge in [-0.25, -0.2) is 22.0 Å². The summed E-state index contributed by atoms with van der Waals surface area (Å²) in [5.41, 5.74) is 1.32. The Hall–Kier alpha value is -2.63. The van der Waals surface area contributed by atoms with Gasteiger partial charge in [0.15, 0.2) is 0 Å². The number of hydrogen-bond acceptors (Lipinski definition) is 5. The third-order valence-electron chi connectivity index (χ3n) is 6.34. The normalized spacial score (nSPS) is 24.5. The number of urea groups is 1. The van der Waals surface area contributed by atoms with Crippen LogP contribution in [0.15, 0.2) is 53.7 Å². The number of hydrogen-bond donors (Lipinski definition) is 2. The van der Waals surface area contributed by atoms with Crippen LogP contribution >= 0.6 is 0 Å². The average Bonchev–Trinajstić information content (AvgIpc) is 2.84. The lowest BCUT2D eigenvalue weighted by Gasteiger charge is -2.42. The summed E-state index contributed by atoms with van der Waals surface area (Å²) in [5.74, 6) is 0. The Morgan fingerprint density at radius 2 is 1.79 bits per heavy atom. The molecule has 1 aliphatic heterocycles. The zero-order valence-corrected chi connectivity index (χ0v) is 19.6. The van der Waals surface area contributed by atoms with E-state index < -0.39 is 28.4 Å². The van der Waals surface area contributed by atoms with E-state index in [1.807, 2.05) is 11.0 Å². The Kier molecular flexibility index (Phi) is 7.74. The molecule has 1 aliphatic carbocycles. The van der Waals surface area contributed by atoms with E-state index in [4.69, 9.17) is 0 Å². The Morgan fingerprint density at radius 1 is 1.06 bits per heavy atom. The molecule has 1 saturated carbocycles. The minimum atomic E-state index is -3.71. The molecule has 2 N–H and O–H groups in total. The lowest BCUT2D eigenvalue weighted by molar-refractivity contribution is 0.0279. The van der Waals surface area contributed by atoms with Gasteiger partial charge in [0.1, 0.15) is 12.3 Å². The summed E-state index contributed by atoms with van der Waals surface area (Å²) in [5, 5.41) is 5.38. The smallest absolute Gasteiger partial charge is 0.319 e. The van der Waals surface area contributed by atoms with Crippen LogP contribution in [0, 0.1) is 0 Å². The number of alkyl halides is 2. The Balaban J connectivity index is 1.29. The summed E-state index contributed by atoms with van der Waals surface area (Å²) in [6, 6.07) is 8.86. The number of rotatable bonds is 6. The molecule has 2 heterocycles. The molecule has 2 fully saturated rings. The fourth-order valence-electron chi connectivity index (χ4n) is 4.46. The molecule has 1 aromatic heterocycles. The van der Waals surface area contributed by atoms with E-state index in [0.29, 0.717) is 38.2 Å². The number of carbonyl (C=O) groups is 1. The number of sulfonamides is 1. The predicted octanol–water partition coefficient (Wildman–Crippen LogP) is 2.94. The highest BCUT2D eigenvalue weighted by Crippen LogP contribution is 2.29. The second kappa shape index (κ2) is 10.7. The fraction of sp³-hybridized carbons (Fsp3) is 0.478. The van der Waals surface area contributed by atoms with Crippen LogP contribution in [-0.2, 0) is 16.6 Å². The lowest BCUT2D eigenvalue weighted by Crippen LogP contribution is -2.55. The van der Waals surface area contributed by atoms with Gasteiger partial charge in [-0.05, 0) is 48.7 Å². The topological polar surface area (TPSA) is 94.6 Å². The number of pyridine rings is 1. The van der Waals surface area contributed by atoms with Crippen molar-refractivity contribution in [2.75, 3.05) is 31.5 Å². The van der Waals surface area contributed by atoms with Crippen LogP contribution in [0.2, 0.25) is 0 Å². The highest BCUT2D eigenvalue weighted by molar-refractivity contribution is 7.89. The molecule has 0 radical (unpaired) electrons. The minimum Gasteiger partial charge on any atom is -0.334 e. The van der Waals surface area contributed by atoms with E-state index in [2.05, 4.69) is 15.6 Å². The molecular formula is C23H29F2N5O3S. The Bertz CT molecular complexity index is 1060. The SMILES string of the molecule is O=C(NCc1cccnc1)Nc1ccc(S(=O)(=O)N2CCN(C3CCC(F)CC3F)CC2)cc1. The van der Waals surface area contributed by atoms with Crippen molar-refractivity contribution >= 4 is 21.7 Å². The van der Waals surface area contributed by atoms with Crippen LogP contribution in [-0.4, -0.2) is 73.2 Å². The van der Waals surface area contributed by atoms with Crippen molar-refractivity contribution in [2.24, 2.45) is 0 Å². The number of aromatic nitrogens is 1. The number of nitrogens with one attached hydrogen (secondary N) is 2. The zero-order valence-electron chi connectivity index (χ0n) is 18.7. The summed E-state index contributed by atoms with van der Waals surface area (Å²) < 4.78 is 55.2. The van der Waals surface area contributed by atoms with Gasteiger partial charge in [0, 0.05) is 63.3 Å². The number of halogens is 2. The molecule has 8 nitrogen and oxygen atoms in total. The van der Waals surface area contributed by atoms with E-state index in [1.165, 1.54) is 28.6 Å². The molecular weight excluding hydrogens is 464 g/mol. The van der Waals surface area contributed by atoms with Gasteiger partial charge >= 0.3 is 6.03 Å². The maximum Gasteiger partial charge on any atom is 0.319 e. The van der Waals surface area contributed by atoms with E-state index >= 15 is 0 Å². The maximum atomic E-state index is 14.3. The highest BCUT2D eigenvalue weighted by atomic mass is 32.2. The summed E-state index contributed by atoms with van der Waals surface area (Å²) in [6.45, 7) is 1.65. The maximum absolute atomic E-state index is 14.3. The molecule has 1 aromatic carbocycles. The van der Waals surface area contributed by atoms with Gasteiger partial charge in [-0.3, -0.25) is 9.88 Å². The summed E-state index contributed by atoms with van der Waals surface area (Å²) in [7, 11) is -3.71. The molecule has 184 valence electrons. The molecule has 2 aromatic rings. The Labute approximate surface area is 198 Å². The van der Waals surface area contributed by atoms with Crippen molar-refractivity contribution in [1.82, 2.24) is 19.5 Å². The van der Waals surface area contributed by atoms with Crippen LogP contribution in [0.1, 0.15) is 24.8 Å². The average molecular weight is 494 g/mol. The van der Waals surface area contributed by atoms with E-state index in [-0.39, 0.29) is 30.4 Å². The van der Waals surface area contributed by atoms with Crippen molar-refractivity contribution in [3.8, 4) is 0 Å². The largest absolute Gasteiger partial charge is 0.334 e. The van der Waals surface area contributed by atoms with Gasteiger partial charge in [-0.2, -0.15) is 4.31 Å². The highest BCUT2D eigenvalue weighted by Gasteiger charge is 2.37. The van der Waals surface area contributed by atoms with Crippen molar-refractivity contribution in [3.05, 3.63) is 54.4 Å². The van der Waals surface area contributed by atoms with Crippen LogP contribution < -0.4 is 10.6 Å². The predicted molar refractivity (Wildman–Crippen MR) is 124 cm³/mol. The quantitative estimate of drug-likeness (QED) is 0.645. The molecule has 3 atom stereocenters. The fourth-order valence-corrected chi connectivity index (χ4v) is 5.88. The van der Waals surface area contributed by atoms with E-state index in [0.717, 1.165) is 5.56 Å². The molecule has 2 aliphatic rings. The molecule has 2 amide bonds. The first-order chi connectivity index (χ1) is 16.3. The first kappa shape index (κ1) is 24.5. The van der Waals surface area contributed by atoms with Crippen molar-refractivity contribution in [1.29, 1.82) is 0 Å². The second-order valence-corrected chi connectivity index (χ2v) is 10.6. The first-order valence-electron chi connectivity index (χ1n) is 11.4. The van der Waals surface area contributed by atoms with Gasteiger partial charge in [-0.1, -0.05) is 6.07 Å². The van der Waals surface area contributed by atoms with Crippen LogP contribution in [0.5, 0.6) is 0 Å². The number of benzene rings is 1. The number of piperazine rings is 1. The zero-order chi connectivity index (χ0) is 24.1. The van der Waals surface area contributed by atoms with Crippen LogP contribution in [0.25, 0.3) is 0 Å². The molecule has 1 saturated heterocycles. The van der Waals surface area contributed by atoms with Crippen molar-refractivity contribution in [3.63, 3.8) is 0 Å². The molecule has 4 rings (SSSR count). The first-order valence-corrected chi connectivity index (χ1v) is 12.8. The van der Waals surface area contributed by atoms with Gasteiger partial charge in [-0.15, -0.1) is 0 Å². The molecule has 0 spiro atoms. The second-order valence-electron chi connectivity index (χ2n) is 8.63. The van der Waals surface area contributed by atoms with Gasteiger partial charge in [0.05, 0.1) is 4.90 Å². The lowest BCUT2D eigenvalue weighted by atomic mass is 9.90. The van der Waals surface area contributed by atoms with E-state index in [1.54, 1.807) is 18.5 Å². The van der Waals surface area contributed by atoms with E-state index in [9.17, 15) is 22.0 Å². The van der Waals surface area contributed by atoms with Crippen molar-refractivity contribution < 1.29 is 22.0 Å². The van der Waals surface area contributed by atoms with Crippen molar-refractivity contribution in [2.45, 2.75) is 49.1 Å². The van der Waals surface area contributed by atoms with Gasteiger partial charge in [0.25, 0.3) is 0 Å². The molecule has 11 heteroatoms. The number of anilines is 1. The van der Waals surface area contributed by atoms with Crippen LogP contribution in [0.4, 0.5) is 19.3 Å². The monoisotopic (exact) mass is 493 g/mol. The summed E-state index contributed by atoms with van der Waals surface area (Å²) in [6.07, 6.45) is 1.74. The number of carbonyl (C=O) groups excluding carboxylic acids is 1. The number of amides is 2. The van der Waals surface area contributed by atoms with Gasteiger partial charge < -0.3 is 10.6 Å². The summed E-state index contributed by atoms with van der Waals surface area (Å²) in [4.78, 5) is 18.2. The number of nitrogens with zero attached hydrogens (tertiary/aromatic N) is 3. The molecule has 0 bridgehead atoms. The minimum absolute atomic E-state index is 0.0783. The Morgan fingerprint density at radius 3 is 2.44 bits per heavy atom. The van der Waals surface area contributed by atoms with Gasteiger partial charge in [0.2, 0.25) is 10.0 Å². The third kappa shape index (κ3) is 5.89. The van der Waals surface area contributed by atoms with Crippen LogP contribution in [0.3, 0.4) is 0 Å².